The predicted octanol–water partition coefficient (Wildman–Crippen LogP) is 2.81. The molecule has 1 saturated heterocycles. The molecule has 1 fully saturated rings. The number of nitrogens with one attached hydrogen (secondary N) is 2. The van der Waals surface area contributed by atoms with E-state index < -0.39 is 0 Å². The number of carbonyl (C=O) groups excluding carboxylic acids is 1. The topological polar surface area (TPSA) is 50.4 Å². The average molecular weight is 246 g/mol. The van der Waals surface area contributed by atoms with Crippen LogP contribution < -0.4 is 10.6 Å². The van der Waals surface area contributed by atoms with Crippen molar-refractivity contribution in [2.45, 2.75) is 19.8 Å². The van der Waals surface area contributed by atoms with Crippen LogP contribution in [-0.2, 0) is 4.74 Å². The van der Waals surface area contributed by atoms with Crippen molar-refractivity contribution in [2.24, 2.45) is 0 Å². The van der Waals surface area contributed by atoms with Crippen molar-refractivity contribution in [3.63, 3.8) is 0 Å². The molecule has 0 unspecified atom stereocenters. The molecule has 1 aliphatic heterocycles. The van der Waals surface area contributed by atoms with Gasteiger partial charge in [-0.25, -0.2) is 4.79 Å². The van der Waals surface area contributed by atoms with Crippen molar-refractivity contribution in [3.8, 4) is 0 Å². The van der Waals surface area contributed by atoms with E-state index in [1.165, 1.54) is 5.57 Å². The molecule has 96 valence electrons. The molecular weight excluding hydrogens is 228 g/mol. The molecule has 1 heterocycles. The molecule has 2 rings (SSSR count). The van der Waals surface area contributed by atoms with Crippen LogP contribution in [-0.4, -0.2) is 19.2 Å². The summed E-state index contributed by atoms with van der Waals surface area (Å²) in [4.78, 5) is 11.7. The Labute approximate surface area is 107 Å². The lowest BCUT2D eigenvalue weighted by Crippen LogP contribution is -2.25. The van der Waals surface area contributed by atoms with E-state index in [9.17, 15) is 4.79 Å². The molecule has 0 aliphatic carbocycles. The maximum atomic E-state index is 11.7. The molecule has 0 aromatic heterocycles. The summed E-state index contributed by atoms with van der Waals surface area (Å²) in [7, 11) is 0. The summed E-state index contributed by atoms with van der Waals surface area (Å²) in [6, 6.07) is 7.49. The highest BCUT2D eigenvalue weighted by Gasteiger charge is 2.06. The van der Waals surface area contributed by atoms with E-state index in [1.54, 1.807) is 6.20 Å². The van der Waals surface area contributed by atoms with Crippen LogP contribution in [0.25, 0.3) is 0 Å². The van der Waals surface area contributed by atoms with E-state index in [4.69, 9.17) is 4.74 Å². The number of aryl methyl sites for hydroxylation is 1. The molecular formula is C14H18N2O2. The van der Waals surface area contributed by atoms with Crippen LogP contribution in [0.2, 0.25) is 0 Å². The Kier molecular flexibility index (Phi) is 4.36. The quantitative estimate of drug-likeness (QED) is 0.843. The van der Waals surface area contributed by atoms with Gasteiger partial charge in [-0.05, 0) is 37.0 Å². The van der Waals surface area contributed by atoms with Crippen molar-refractivity contribution in [1.29, 1.82) is 0 Å². The van der Waals surface area contributed by atoms with E-state index in [0.717, 1.165) is 37.3 Å². The normalized spacial score (nSPS) is 15.1. The number of carbonyl (C=O) groups is 1. The number of amides is 2. The number of hydrogen-bond donors (Lipinski definition) is 2. The van der Waals surface area contributed by atoms with Gasteiger partial charge in [0.05, 0.1) is 13.2 Å². The van der Waals surface area contributed by atoms with Crippen molar-refractivity contribution in [3.05, 3.63) is 41.6 Å². The smallest absolute Gasteiger partial charge is 0.323 e. The number of hydrogen-bond acceptors (Lipinski definition) is 2. The van der Waals surface area contributed by atoms with E-state index in [2.05, 4.69) is 10.6 Å². The molecule has 1 aliphatic rings. The molecule has 4 heteroatoms. The summed E-state index contributed by atoms with van der Waals surface area (Å²) >= 11 is 0. The molecule has 2 amide bonds. The highest BCUT2D eigenvalue weighted by atomic mass is 16.5. The first-order chi connectivity index (χ1) is 8.75. The third-order valence-corrected chi connectivity index (χ3v) is 2.94. The zero-order valence-electron chi connectivity index (χ0n) is 10.5. The maximum Gasteiger partial charge on any atom is 0.323 e. The van der Waals surface area contributed by atoms with Crippen molar-refractivity contribution in [2.75, 3.05) is 18.5 Å². The van der Waals surface area contributed by atoms with Crippen LogP contribution in [0.1, 0.15) is 18.4 Å². The number of rotatable bonds is 2. The zero-order chi connectivity index (χ0) is 12.8. The lowest BCUT2D eigenvalue weighted by Gasteiger charge is -2.14. The Morgan fingerprint density at radius 2 is 2.00 bits per heavy atom. The van der Waals surface area contributed by atoms with Crippen LogP contribution in [0.15, 0.2) is 36.0 Å². The van der Waals surface area contributed by atoms with Gasteiger partial charge < -0.3 is 15.4 Å². The minimum Gasteiger partial charge on any atom is -0.381 e. The van der Waals surface area contributed by atoms with Crippen molar-refractivity contribution in [1.82, 2.24) is 5.32 Å². The van der Waals surface area contributed by atoms with Crippen LogP contribution in [0, 0.1) is 6.92 Å². The lowest BCUT2D eigenvalue weighted by atomic mass is 10.1. The second kappa shape index (κ2) is 6.21. The Bertz CT molecular complexity index is 447. The van der Waals surface area contributed by atoms with Crippen LogP contribution >= 0.6 is 0 Å². The first-order valence-corrected chi connectivity index (χ1v) is 6.14. The Morgan fingerprint density at radius 1 is 1.28 bits per heavy atom. The fourth-order valence-corrected chi connectivity index (χ4v) is 1.82. The number of anilines is 1. The number of para-hydroxylation sites is 1. The fraction of sp³-hybridized carbons (Fsp3) is 0.357. The number of ether oxygens (including phenoxy) is 1. The SMILES string of the molecule is Cc1ccccc1NC(=O)NC=C1CCOCC1. The molecule has 1 aromatic rings. The molecule has 1 aromatic carbocycles. The second-order valence-electron chi connectivity index (χ2n) is 4.33. The maximum absolute atomic E-state index is 11.7. The Hall–Kier alpha value is -1.81. The summed E-state index contributed by atoms with van der Waals surface area (Å²) in [6.07, 6.45) is 3.57. The van der Waals surface area contributed by atoms with Crippen LogP contribution in [0.4, 0.5) is 10.5 Å². The van der Waals surface area contributed by atoms with Gasteiger partial charge in [0.2, 0.25) is 0 Å². The molecule has 0 bridgehead atoms. The Balaban J connectivity index is 1.87. The van der Waals surface area contributed by atoms with Crippen LogP contribution in [0.3, 0.4) is 0 Å². The third-order valence-electron chi connectivity index (χ3n) is 2.94. The van der Waals surface area contributed by atoms with Crippen molar-refractivity contribution >= 4 is 11.7 Å². The molecule has 0 spiro atoms. The van der Waals surface area contributed by atoms with Gasteiger partial charge in [-0.15, -0.1) is 0 Å². The minimum atomic E-state index is -0.205. The highest BCUT2D eigenvalue weighted by Crippen LogP contribution is 2.13. The van der Waals surface area contributed by atoms with Gasteiger partial charge in [0.1, 0.15) is 0 Å². The predicted molar refractivity (Wildman–Crippen MR) is 71.5 cm³/mol. The number of benzene rings is 1. The molecule has 2 N–H and O–H groups in total. The number of urea groups is 1. The fourth-order valence-electron chi connectivity index (χ4n) is 1.82. The minimum absolute atomic E-state index is 0.205. The highest BCUT2D eigenvalue weighted by molar-refractivity contribution is 5.90. The summed E-state index contributed by atoms with van der Waals surface area (Å²) < 4.78 is 5.25. The summed E-state index contributed by atoms with van der Waals surface area (Å²) in [6.45, 7) is 3.45. The van der Waals surface area contributed by atoms with Gasteiger partial charge in [0.25, 0.3) is 0 Å². The van der Waals surface area contributed by atoms with Crippen molar-refractivity contribution < 1.29 is 9.53 Å². The average Bonchev–Trinajstić information content (AvgIpc) is 2.40. The van der Waals surface area contributed by atoms with E-state index in [1.807, 2.05) is 31.2 Å². The van der Waals surface area contributed by atoms with Gasteiger partial charge in [0, 0.05) is 11.9 Å². The van der Waals surface area contributed by atoms with Gasteiger partial charge >= 0.3 is 6.03 Å². The third kappa shape index (κ3) is 3.60. The van der Waals surface area contributed by atoms with E-state index >= 15 is 0 Å². The molecule has 4 nitrogen and oxygen atoms in total. The zero-order valence-corrected chi connectivity index (χ0v) is 10.5. The molecule has 0 saturated carbocycles. The van der Waals surface area contributed by atoms with Gasteiger partial charge in [-0.1, -0.05) is 18.2 Å². The standard InChI is InChI=1S/C14H18N2O2/c1-11-4-2-3-5-13(11)16-14(17)15-10-12-6-8-18-9-7-12/h2-5,10H,6-9H2,1H3,(H2,15,16,17). The molecule has 18 heavy (non-hydrogen) atoms. The molecule has 0 radical (unpaired) electrons. The second-order valence-corrected chi connectivity index (χ2v) is 4.33. The summed E-state index contributed by atoms with van der Waals surface area (Å²) in [5.74, 6) is 0. The largest absolute Gasteiger partial charge is 0.381 e. The summed E-state index contributed by atoms with van der Waals surface area (Å²) in [5.41, 5.74) is 3.10. The van der Waals surface area contributed by atoms with Gasteiger partial charge in [-0.3, -0.25) is 0 Å². The first kappa shape index (κ1) is 12.6. The Morgan fingerprint density at radius 3 is 2.72 bits per heavy atom. The molecule has 0 atom stereocenters. The van der Waals surface area contributed by atoms with E-state index in [0.29, 0.717) is 0 Å². The summed E-state index contributed by atoms with van der Waals surface area (Å²) in [5, 5.41) is 5.58. The van der Waals surface area contributed by atoms with E-state index in [-0.39, 0.29) is 6.03 Å². The first-order valence-electron chi connectivity index (χ1n) is 6.14. The lowest BCUT2D eigenvalue weighted by molar-refractivity contribution is 0.119. The monoisotopic (exact) mass is 246 g/mol. The van der Waals surface area contributed by atoms with Gasteiger partial charge in [0.15, 0.2) is 0 Å². The van der Waals surface area contributed by atoms with Crippen LogP contribution in [0.5, 0.6) is 0 Å². The van der Waals surface area contributed by atoms with Gasteiger partial charge in [-0.2, -0.15) is 0 Å².